The normalized spacial score (nSPS) is 9.00. The highest BCUT2D eigenvalue weighted by Crippen LogP contribution is 1.98. The maximum Gasteiger partial charge on any atom is 0.436 e. The van der Waals surface area contributed by atoms with Crippen molar-refractivity contribution >= 4 is 8.32 Å². The molecule has 0 unspecified atom stereocenters. The first-order chi connectivity index (χ1) is 4.74. The number of terminal acetylenes is 3. The van der Waals surface area contributed by atoms with Gasteiger partial charge in [0.15, 0.2) is 0 Å². The molecule has 0 spiro atoms. The summed E-state index contributed by atoms with van der Waals surface area (Å²) < 4.78 is 5.11. The molecule has 0 rings (SSSR count). The van der Waals surface area contributed by atoms with Gasteiger partial charge in [-0.3, -0.25) is 0 Å². The standard InChI is InChI=1S/C8H8OSi/c1-5-9-10(6-2,7-3)8-4/h2-4H,5H2,1H3. The van der Waals surface area contributed by atoms with Crippen molar-refractivity contribution in [2.75, 3.05) is 6.61 Å². The predicted molar refractivity (Wildman–Crippen MR) is 43.9 cm³/mol. The Morgan fingerprint density at radius 3 is 1.70 bits per heavy atom. The molecule has 0 atom stereocenters. The second kappa shape index (κ2) is 3.80. The fourth-order valence-electron chi connectivity index (χ4n) is 0.467. The zero-order valence-electron chi connectivity index (χ0n) is 5.85. The Morgan fingerprint density at radius 2 is 1.60 bits per heavy atom. The SMILES string of the molecule is C#C[Si](C#C)(C#C)OCC. The molecule has 2 heteroatoms. The van der Waals surface area contributed by atoms with Gasteiger partial charge in [-0.25, -0.2) is 0 Å². The number of rotatable bonds is 2. The fourth-order valence-corrected chi connectivity index (χ4v) is 1.40. The molecule has 0 aromatic rings. The molecule has 0 radical (unpaired) electrons. The third-order valence-corrected chi connectivity index (χ3v) is 2.91. The van der Waals surface area contributed by atoms with Gasteiger partial charge in [-0.15, -0.1) is 19.3 Å². The molecule has 0 amide bonds. The van der Waals surface area contributed by atoms with E-state index in [1.807, 2.05) is 6.92 Å². The molecule has 0 saturated heterocycles. The smallest absolute Gasteiger partial charge is 0.388 e. The Morgan fingerprint density at radius 1 is 1.20 bits per heavy atom. The van der Waals surface area contributed by atoms with E-state index in [-0.39, 0.29) is 0 Å². The first kappa shape index (κ1) is 8.86. The van der Waals surface area contributed by atoms with Crippen LogP contribution in [0.1, 0.15) is 6.92 Å². The van der Waals surface area contributed by atoms with Crippen LogP contribution >= 0.6 is 0 Å². The van der Waals surface area contributed by atoms with Crippen molar-refractivity contribution in [3.05, 3.63) is 0 Å². The molecule has 0 heterocycles. The lowest BCUT2D eigenvalue weighted by Crippen LogP contribution is -2.34. The summed E-state index contributed by atoms with van der Waals surface area (Å²) in [7, 11) is -2.63. The summed E-state index contributed by atoms with van der Waals surface area (Å²) in [6.07, 6.45) is 15.3. The van der Waals surface area contributed by atoms with Gasteiger partial charge in [0.25, 0.3) is 0 Å². The van der Waals surface area contributed by atoms with E-state index in [4.69, 9.17) is 23.7 Å². The molecule has 0 fully saturated rings. The molecule has 0 bridgehead atoms. The van der Waals surface area contributed by atoms with Crippen LogP contribution < -0.4 is 0 Å². The summed E-state index contributed by atoms with van der Waals surface area (Å²) >= 11 is 0. The predicted octanol–water partition coefficient (Wildman–Crippen LogP) is 0.486. The number of hydrogen-bond donors (Lipinski definition) is 0. The van der Waals surface area contributed by atoms with Crippen molar-refractivity contribution in [2.45, 2.75) is 6.92 Å². The summed E-state index contributed by atoms with van der Waals surface area (Å²) in [6, 6.07) is 0. The molecule has 0 saturated carbocycles. The van der Waals surface area contributed by atoms with Crippen LogP contribution in [0.3, 0.4) is 0 Å². The average molecular weight is 148 g/mol. The van der Waals surface area contributed by atoms with Crippen molar-refractivity contribution in [1.82, 2.24) is 0 Å². The van der Waals surface area contributed by atoms with Crippen LogP contribution in [0.25, 0.3) is 0 Å². The Hall–Kier alpha value is -1.14. The lowest BCUT2D eigenvalue weighted by Gasteiger charge is -2.09. The van der Waals surface area contributed by atoms with Crippen molar-refractivity contribution in [2.24, 2.45) is 0 Å². The van der Waals surface area contributed by atoms with E-state index in [0.717, 1.165) is 0 Å². The van der Waals surface area contributed by atoms with E-state index in [1.165, 1.54) is 0 Å². The molecule has 1 nitrogen and oxygen atoms in total. The number of hydrogen-bond acceptors (Lipinski definition) is 1. The molecule has 0 N–H and O–H groups in total. The van der Waals surface area contributed by atoms with Crippen molar-refractivity contribution in [1.29, 1.82) is 0 Å². The molecular formula is C8H8OSi. The summed E-state index contributed by atoms with van der Waals surface area (Å²) in [5.74, 6) is 0. The first-order valence-corrected chi connectivity index (χ1v) is 4.72. The highest BCUT2D eigenvalue weighted by molar-refractivity contribution is 6.95. The van der Waals surface area contributed by atoms with E-state index in [0.29, 0.717) is 6.61 Å². The second-order valence-corrected chi connectivity index (χ2v) is 4.06. The van der Waals surface area contributed by atoms with Gasteiger partial charge < -0.3 is 4.43 Å². The largest absolute Gasteiger partial charge is 0.436 e. The minimum absolute atomic E-state index is 0.477. The van der Waals surface area contributed by atoms with E-state index in [2.05, 4.69) is 16.6 Å². The molecule has 0 aliphatic heterocycles. The van der Waals surface area contributed by atoms with Crippen LogP contribution in [0.5, 0.6) is 0 Å². The third-order valence-electron chi connectivity index (χ3n) is 0.971. The van der Waals surface area contributed by atoms with E-state index in [1.54, 1.807) is 0 Å². The Kier molecular flexibility index (Phi) is 3.37. The molecule has 0 aromatic heterocycles. The van der Waals surface area contributed by atoms with Crippen LogP contribution in [0.15, 0.2) is 0 Å². The van der Waals surface area contributed by atoms with Gasteiger partial charge >= 0.3 is 8.32 Å². The van der Waals surface area contributed by atoms with Crippen molar-refractivity contribution < 1.29 is 4.43 Å². The van der Waals surface area contributed by atoms with Gasteiger partial charge in [0.1, 0.15) is 0 Å². The van der Waals surface area contributed by atoms with Gasteiger partial charge in [0.2, 0.25) is 0 Å². The minimum Gasteiger partial charge on any atom is -0.388 e. The topological polar surface area (TPSA) is 9.23 Å². The highest BCUT2D eigenvalue weighted by Gasteiger charge is 2.27. The molecule has 50 valence electrons. The third kappa shape index (κ3) is 1.67. The van der Waals surface area contributed by atoms with Gasteiger partial charge in [-0.05, 0) is 6.92 Å². The van der Waals surface area contributed by atoms with Gasteiger partial charge in [0.05, 0.1) is 0 Å². The Balaban J connectivity index is 4.45. The van der Waals surface area contributed by atoms with Gasteiger partial charge in [-0.1, -0.05) is 16.6 Å². The van der Waals surface area contributed by atoms with Gasteiger partial charge in [0, 0.05) is 6.61 Å². The zero-order chi connectivity index (χ0) is 8.04. The molecule has 0 aromatic carbocycles. The summed E-state index contributed by atoms with van der Waals surface area (Å²) in [6.45, 7) is 2.29. The van der Waals surface area contributed by atoms with Crippen molar-refractivity contribution in [3.63, 3.8) is 0 Å². The van der Waals surface area contributed by atoms with Crippen LogP contribution in [0.2, 0.25) is 0 Å². The highest BCUT2D eigenvalue weighted by atomic mass is 28.4. The van der Waals surface area contributed by atoms with Gasteiger partial charge in [-0.2, -0.15) is 0 Å². The van der Waals surface area contributed by atoms with E-state index < -0.39 is 8.32 Å². The second-order valence-electron chi connectivity index (χ2n) is 1.55. The average Bonchev–Trinajstić information content (AvgIpc) is 2.01. The maximum atomic E-state index is 5.12. The summed E-state index contributed by atoms with van der Waals surface area (Å²) in [4.78, 5) is 0. The van der Waals surface area contributed by atoms with E-state index >= 15 is 0 Å². The minimum atomic E-state index is -2.63. The van der Waals surface area contributed by atoms with Crippen LogP contribution in [0.4, 0.5) is 0 Å². The Labute approximate surface area is 62.9 Å². The van der Waals surface area contributed by atoms with Crippen LogP contribution in [0, 0.1) is 35.9 Å². The quantitative estimate of drug-likeness (QED) is 0.409. The summed E-state index contributed by atoms with van der Waals surface area (Å²) in [5.41, 5.74) is 7.08. The molecule has 0 aliphatic carbocycles. The van der Waals surface area contributed by atoms with E-state index in [9.17, 15) is 0 Å². The molecular weight excluding hydrogens is 140 g/mol. The first-order valence-electron chi connectivity index (χ1n) is 2.82. The van der Waals surface area contributed by atoms with Crippen LogP contribution in [-0.2, 0) is 4.43 Å². The lowest BCUT2D eigenvalue weighted by molar-refractivity contribution is 0.350. The summed E-state index contributed by atoms with van der Waals surface area (Å²) in [5, 5.41) is 0. The zero-order valence-corrected chi connectivity index (χ0v) is 6.85. The maximum absolute atomic E-state index is 5.12. The lowest BCUT2D eigenvalue weighted by atomic mass is 10.9. The fraction of sp³-hybridized carbons (Fsp3) is 0.250. The molecule has 10 heavy (non-hydrogen) atoms. The molecule has 0 aliphatic rings. The monoisotopic (exact) mass is 148 g/mol. The van der Waals surface area contributed by atoms with Crippen molar-refractivity contribution in [3.8, 4) is 35.9 Å². The van der Waals surface area contributed by atoms with Crippen LogP contribution in [-0.4, -0.2) is 14.9 Å². The Bertz CT molecular complexity index is 187.